The summed E-state index contributed by atoms with van der Waals surface area (Å²) >= 11 is 0. The molecule has 1 saturated heterocycles. The molecule has 0 bridgehead atoms. The SMILES string of the molecule is CCCNCC(CC)N1CCCCC1C. The van der Waals surface area contributed by atoms with Crippen LogP contribution in [-0.4, -0.2) is 36.6 Å². The Morgan fingerprint density at radius 1 is 1.33 bits per heavy atom. The first-order valence-electron chi connectivity index (χ1n) is 6.76. The van der Waals surface area contributed by atoms with Crippen molar-refractivity contribution < 1.29 is 0 Å². The van der Waals surface area contributed by atoms with Gasteiger partial charge in [0.15, 0.2) is 0 Å². The molecule has 0 aliphatic carbocycles. The van der Waals surface area contributed by atoms with Gasteiger partial charge in [-0.15, -0.1) is 0 Å². The third-order valence-corrected chi connectivity index (χ3v) is 3.60. The van der Waals surface area contributed by atoms with Crippen molar-refractivity contribution >= 4 is 0 Å². The third-order valence-electron chi connectivity index (χ3n) is 3.60. The molecule has 0 spiro atoms. The number of rotatable bonds is 6. The molecule has 1 rings (SSSR count). The second-order valence-electron chi connectivity index (χ2n) is 4.85. The molecule has 0 aromatic carbocycles. The minimum absolute atomic E-state index is 0.756. The van der Waals surface area contributed by atoms with Gasteiger partial charge in [-0.05, 0) is 45.7 Å². The van der Waals surface area contributed by atoms with Crippen molar-refractivity contribution in [2.75, 3.05) is 19.6 Å². The Balaban J connectivity index is 2.34. The smallest absolute Gasteiger partial charge is 0.0220 e. The largest absolute Gasteiger partial charge is 0.315 e. The van der Waals surface area contributed by atoms with Crippen LogP contribution in [0.1, 0.15) is 52.9 Å². The highest BCUT2D eigenvalue weighted by atomic mass is 15.2. The van der Waals surface area contributed by atoms with Gasteiger partial charge in [0.1, 0.15) is 0 Å². The lowest BCUT2D eigenvalue weighted by atomic mass is 10.00. The van der Waals surface area contributed by atoms with E-state index >= 15 is 0 Å². The van der Waals surface area contributed by atoms with Gasteiger partial charge in [-0.1, -0.05) is 20.3 Å². The monoisotopic (exact) mass is 212 g/mol. The fourth-order valence-corrected chi connectivity index (χ4v) is 2.60. The van der Waals surface area contributed by atoms with Crippen LogP contribution in [0.25, 0.3) is 0 Å². The lowest BCUT2D eigenvalue weighted by Crippen LogP contribution is -2.48. The Morgan fingerprint density at radius 3 is 2.73 bits per heavy atom. The number of hydrogen-bond donors (Lipinski definition) is 1. The first kappa shape index (κ1) is 13.0. The molecule has 0 aromatic heterocycles. The number of likely N-dealkylation sites (tertiary alicyclic amines) is 1. The van der Waals surface area contributed by atoms with Gasteiger partial charge in [-0.25, -0.2) is 0 Å². The van der Waals surface area contributed by atoms with Crippen LogP contribution >= 0.6 is 0 Å². The van der Waals surface area contributed by atoms with Gasteiger partial charge in [0.25, 0.3) is 0 Å². The maximum Gasteiger partial charge on any atom is 0.0220 e. The Bertz CT molecular complexity index is 159. The summed E-state index contributed by atoms with van der Waals surface area (Å²) < 4.78 is 0. The van der Waals surface area contributed by atoms with Crippen molar-refractivity contribution in [1.29, 1.82) is 0 Å². The highest BCUT2D eigenvalue weighted by Gasteiger charge is 2.24. The summed E-state index contributed by atoms with van der Waals surface area (Å²) in [6.45, 7) is 10.6. The number of hydrogen-bond acceptors (Lipinski definition) is 2. The van der Waals surface area contributed by atoms with Crippen molar-refractivity contribution in [2.24, 2.45) is 0 Å². The summed E-state index contributed by atoms with van der Waals surface area (Å²) in [4.78, 5) is 2.71. The minimum Gasteiger partial charge on any atom is -0.315 e. The standard InChI is InChI=1S/C13H28N2/c1-4-9-14-11-13(5-2)15-10-7-6-8-12(15)3/h12-14H,4-11H2,1-3H3. The number of nitrogens with zero attached hydrogens (tertiary/aromatic N) is 1. The van der Waals surface area contributed by atoms with E-state index in [9.17, 15) is 0 Å². The average molecular weight is 212 g/mol. The van der Waals surface area contributed by atoms with Crippen molar-refractivity contribution in [3.05, 3.63) is 0 Å². The zero-order valence-corrected chi connectivity index (χ0v) is 10.8. The maximum atomic E-state index is 3.56. The first-order chi connectivity index (χ1) is 7.29. The van der Waals surface area contributed by atoms with Crippen LogP contribution in [-0.2, 0) is 0 Å². The van der Waals surface area contributed by atoms with E-state index in [1.165, 1.54) is 51.7 Å². The molecular formula is C13H28N2. The Labute approximate surface area is 95.4 Å². The molecule has 2 nitrogen and oxygen atoms in total. The Hall–Kier alpha value is -0.0800. The third kappa shape index (κ3) is 4.12. The fraction of sp³-hybridized carbons (Fsp3) is 1.00. The summed E-state index contributed by atoms with van der Waals surface area (Å²) in [5.41, 5.74) is 0. The molecule has 1 N–H and O–H groups in total. The van der Waals surface area contributed by atoms with E-state index in [0.29, 0.717) is 0 Å². The molecule has 90 valence electrons. The molecule has 15 heavy (non-hydrogen) atoms. The maximum absolute atomic E-state index is 3.56. The lowest BCUT2D eigenvalue weighted by Gasteiger charge is -2.39. The number of piperidine rings is 1. The summed E-state index contributed by atoms with van der Waals surface area (Å²) in [6, 6.07) is 1.55. The van der Waals surface area contributed by atoms with Gasteiger partial charge in [-0.2, -0.15) is 0 Å². The molecule has 1 heterocycles. The van der Waals surface area contributed by atoms with Gasteiger partial charge in [0.2, 0.25) is 0 Å². The summed E-state index contributed by atoms with van der Waals surface area (Å²) in [5.74, 6) is 0. The number of nitrogens with one attached hydrogen (secondary N) is 1. The van der Waals surface area contributed by atoms with E-state index in [4.69, 9.17) is 0 Å². The minimum atomic E-state index is 0.756. The summed E-state index contributed by atoms with van der Waals surface area (Å²) in [5, 5.41) is 3.56. The van der Waals surface area contributed by atoms with Crippen LogP contribution in [0.4, 0.5) is 0 Å². The highest BCUT2D eigenvalue weighted by Crippen LogP contribution is 2.20. The lowest BCUT2D eigenvalue weighted by molar-refractivity contribution is 0.101. The molecule has 2 heteroatoms. The second kappa shape index (κ2) is 7.24. The highest BCUT2D eigenvalue weighted by molar-refractivity contribution is 4.80. The second-order valence-corrected chi connectivity index (χ2v) is 4.85. The summed E-state index contributed by atoms with van der Waals surface area (Å²) in [6.07, 6.45) is 6.74. The van der Waals surface area contributed by atoms with E-state index in [-0.39, 0.29) is 0 Å². The van der Waals surface area contributed by atoms with Crippen molar-refractivity contribution in [1.82, 2.24) is 10.2 Å². The van der Waals surface area contributed by atoms with Gasteiger partial charge >= 0.3 is 0 Å². The van der Waals surface area contributed by atoms with Gasteiger partial charge in [0, 0.05) is 18.6 Å². The molecule has 0 radical (unpaired) electrons. The van der Waals surface area contributed by atoms with Gasteiger partial charge in [0.05, 0.1) is 0 Å². The van der Waals surface area contributed by atoms with E-state index in [1.807, 2.05) is 0 Å². The van der Waals surface area contributed by atoms with Crippen LogP contribution in [0.3, 0.4) is 0 Å². The predicted molar refractivity (Wildman–Crippen MR) is 67.3 cm³/mol. The first-order valence-corrected chi connectivity index (χ1v) is 6.76. The van der Waals surface area contributed by atoms with Crippen LogP contribution in [0, 0.1) is 0 Å². The predicted octanol–water partition coefficient (Wildman–Crippen LogP) is 2.64. The molecule has 1 aliphatic heterocycles. The molecule has 1 fully saturated rings. The van der Waals surface area contributed by atoms with Crippen LogP contribution in [0.2, 0.25) is 0 Å². The normalized spacial score (nSPS) is 25.4. The quantitative estimate of drug-likeness (QED) is 0.681. The molecule has 2 unspecified atom stereocenters. The van der Waals surface area contributed by atoms with E-state index in [2.05, 4.69) is 31.0 Å². The molecular weight excluding hydrogens is 184 g/mol. The summed E-state index contributed by atoms with van der Waals surface area (Å²) in [7, 11) is 0. The van der Waals surface area contributed by atoms with Gasteiger partial charge < -0.3 is 5.32 Å². The zero-order chi connectivity index (χ0) is 11.1. The fourth-order valence-electron chi connectivity index (χ4n) is 2.60. The molecule has 0 aromatic rings. The van der Waals surface area contributed by atoms with E-state index in [0.717, 1.165) is 12.1 Å². The molecule has 2 atom stereocenters. The Morgan fingerprint density at radius 2 is 2.13 bits per heavy atom. The zero-order valence-electron chi connectivity index (χ0n) is 10.8. The van der Waals surface area contributed by atoms with Gasteiger partial charge in [-0.3, -0.25) is 4.90 Å². The molecule has 0 amide bonds. The molecule has 0 saturated carbocycles. The van der Waals surface area contributed by atoms with Crippen LogP contribution in [0.5, 0.6) is 0 Å². The average Bonchev–Trinajstić information content (AvgIpc) is 2.26. The van der Waals surface area contributed by atoms with Crippen LogP contribution in [0.15, 0.2) is 0 Å². The van der Waals surface area contributed by atoms with E-state index < -0.39 is 0 Å². The van der Waals surface area contributed by atoms with E-state index in [1.54, 1.807) is 0 Å². The van der Waals surface area contributed by atoms with Crippen LogP contribution < -0.4 is 5.32 Å². The van der Waals surface area contributed by atoms with Crippen molar-refractivity contribution in [2.45, 2.75) is 65.0 Å². The molecule has 1 aliphatic rings. The van der Waals surface area contributed by atoms with Crippen molar-refractivity contribution in [3.63, 3.8) is 0 Å². The Kier molecular flexibility index (Phi) is 6.26. The van der Waals surface area contributed by atoms with Crippen molar-refractivity contribution in [3.8, 4) is 0 Å². The topological polar surface area (TPSA) is 15.3 Å².